The molecule has 0 radical (unpaired) electrons. The Bertz CT molecular complexity index is 551. The summed E-state index contributed by atoms with van der Waals surface area (Å²) >= 11 is 1.69. The van der Waals surface area contributed by atoms with E-state index in [0.717, 1.165) is 12.2 Å². The van der Waals surface area contributed by atoms with Crippen LogP contribution in [0.15, 0.2) is 35.7 Å². The highest BCUT2D eigenvalue weighted by Gasteiger charge is 2.10. The summed E-state index contributed by atoms with van der Waals surface area (Å²) in [6, 6.07) is 9.15. The van der Waals surface area contributed by atoms with Gasteiger partial charge < -0.3 is 16.4 Å². The lowest BCUT2D eigenvalue weighted by molar-refractivity contribution is 0.100. The van der Waals surface area contributed by atoms with E-state index < -0.39 is 5.91 Å². The number of thiophene rings is 1. The van der Waals surface area contributed by atoms with Crippen LogP contribution in [0.4, 0.5) is 11.4 Å². The summed E-state index contributed by atoms with van der Waals surface area (Å²) in [6.45, 7) is 0.754. The fourth-order valence-corrected chi connectivity index (χ4v) is 2.51. The first-order valence-corrected chi connectivity index (χ1v) is 6.38. The zero-order chi connectivity index (χ0) is 13.1. The SMILES string of the molecule is CN(Cc1cccs1)c1cc(C(N)=O)ccc1N. The largest absolute Gasteiger partial charge is 0.397 e. The van der Waals surface area contributed by atoms with Gasteiger partial charge in [-0.3, -0.25) is 4.79 Å². The van der Waals surface area contributed by atoms with Crippen molar-refractivity contribution in [1.82, 2.24) is 0 Å². The van der Waals surface area contributed by atoms with Crippen LogP contribution in [-0.4, -0.2) is 13.0 Å². The Labute approximate surface area is 110 Å². The Morgan fingerprint density at radius 3 is 2.78 bits per heavy atom. The Morgan fingerprint density at radius 2 is 2.17 bits per heavy atom. The highest BCUT2D eigenvalue weighted by Crippen LogP contribution is 2.25. The predicted octanol–water partition coefficient (Wildman–Crippen LogP) is 2.07. The normalized spacial score (nSPS) is 10.3. The van der Waals surface area contributed by atoms with Crippen LogP contribution < -0.4 is 16.4 Å². The van der Waals surface area contributed by atoms with Gasteiger partial charge in [-0.2, -0.15) is 0 Å². The molecule has 0 saturated heterocycles. The molecule has 4 N–H and O–H groups in total. The first kappa shape index (κ1) is 12.4. The van der Waals surface area contributed by atoms with Crippen LogP contribution in [-0.2, 0) is 6.54 Å². The average Bonchev–Trinajstić information content (AvgIpc) is 2.81. The van der Waals surface area contributed by atoms with Gasteiger partial charge in [-0.1, -0.05) is 6.07 Å². The summed E-state index contributed by atoms with van der Waals surface area (Å²) in [5.41, 5.74) is 13.1. The fourth-order valence-electron chi connectivity index (χ4n) is 1.75. The fraction of sp³-hybridized carbons (Fsp3) is 0.154. The minimum Gasteiger partial charge on any atom is -0.397 e. The Kier molecular flexibility index (Phi) is 3.53. The van der Waals surface area contributed by atoms with Crippen LogP contribution in [0.3, 0.4) is 0 Å². The summed E-state index contributed by atoms with van der Waals surface area (Å²) in [4.78, 5) is 14.4. The second-order valence-electron chi connectivity index (χ2n) is 4.07. The van der Waals surface area contributed by atoms with Gasteiger partial charge >= 0.3 is 0 Å². The molecular weight excluding hydrogens is 246 g/mol. The molecule has 18 heavy (non-hydrogen) atoms. The van der Waals surface area contributed by atoms with Gasteiger partial charge in [0, 0.05) is 17.5 Å². The quantitative estimate of drug-likeness (QED) is 0.827. The molecule has 0 aliphatic carbocycles. The zero-order valence-corrected chi connectivity index (χ0v) is 10.9. The summed E-state index contributed by atoms with van der Waals surface area (Å²) in [7, 11) is 1.94. The van der Waals surface area contributed by atoms with Crippen molar-refractivity contribution in [2.75, 3.05) is 17.7 Å². The molecule has 0 aliphatic heterocycles. The topological polar surface area (TPSA) is 72.3 Å². The van der Waals surface area contributed by atoms with E-state index in [-0.39, 0.29) is 0 Å². The molecule has 94 valence electrons. The lowest BCUT2D eigenvalue weighted by Crippen LogP contribution is -2.19. The first-order chi connectivity index (χ1) is 8.58. The van der Waals surface area contributed by atoms with E-state index in [4.69, 9.17) is 11.5 Å². The Hall–Kier alpha value is -2.01. The van der Waals surface area contributed by atoms with Crippen molar-refractivity contribution in [2.45, 2.75) is 6.54 Å². The van der Waals surface area contributed by atoms with Gasteiger partial charge in [0.05, 0.1) is 17.9 Å². The maximum Gasteiger partial charge on any atom is 0.248 e. The average molecular weight is 261 g/mol. The van der Waals surface area contributed by atoms with E-state index >= 15 is 0 Å². The van der Waals surface area contributed by atoms with Crippen molar-refractivity contribution in [2.24, 2.45) is 5.73 Å². The standard InChI is InChI=1S/C13H15N3OS/c1-16(8-10-3-2-6-18-10)12-7-9(13(15)17)4-5-11(12)14/h2-7H,8,14H2,1H3,(H2,15,17). The minimum atomic E-state index is -0.444. The van der Waals surface area contributed by atoms with Gasteiger partial charge in [-0.15, -0.1) is 11.3 Å². The molecule has 0 saturated carbocycles. The van der Waals surface area contributed by atoms with Crippen molar-refractivity contribution < 1.29 is 4.79 Å². The number of amides is 1. The third-order valence-corrected chi connectivity index (χ3v) is 3.56. The number of anilines is 2. The van der Waals surface area contributed by atoms with E-state index in [1.54, 1.807) is 29.5 Å². The molecule has 1 aromatic heterocycles. The van der Waals surface area contributed by atoms with Crippen LogP contribution in [0.5, 0.6) is 0 Å². The molecule has 5 heteroatoms. The van der Waals surface area contributed by atoms with Gasteiger partial charge in [0.25, 0.3) is 0 Å². The highest BCUT2D eigenvalue weighted by atomic mass is 32.1. The van der Waals surface area contributed by atoms with Crippen molar-refractivity contribution in [3.8, 4) is 0 Å². The van der Waals surface area contributed by atoms with Crippen molar-refractivity contribution >= 4 is 28.6 Å². The molecule has 1 amide bonds. The van der Waals surface area contributed by atoms with Gasteiger partial charge in [0.1, 0.15) is 0 Å². The van der Waals surface area contributed by atoms with Crippen LogP contribution in [0.1, 0.15) is 15.2 Å². The minimum absolute atomic E-state index is 0.444. The molecule has 2 rings (SSSR count). The molecular formula is C13H15N3OS. The van der Waals surface area contributed by atoms with Crippen molar-refractivity contribution in [3.63, 3.8) is 0 Å². The third kappa shape index (κ3) is 2.62. The van der Waals surface area contributed by atoms with Gasteiger partial charge in [-0.25, -0.2) is 0 Å². The number of primary amides is 1. The summed E-state index contributed by atoms with van der Waals surface area (Å²) in [6.07, 6.45) is 0. The van der Waals surface area contributed by atoms with Crippen molar-refractivity contribution in [1.29, 1.82) is 0 Å². The lowest BCUT2D eigenvalue weighted by atomic mass is 10.1. The van der Waals surface area contributed by atoms with Gasteiger partial charge in [-0.05, 0) is 29.6 Å². The molecule has 0 fully saturated rings. The smallest absolute Gasteiger partial charge is 0.248 e. The van der Waals surface area contributed by atoms with Crippen LogP contribution in [0, 0.1) is 0 Å². The highest BCUT2D eigenvalue weighted by molar-refractivity contribution is 7.09. The summed E-state index contributed by atoms with van der Waals surface area (Å²) in [5, 5.41) is 2.03. The molecule has 4 nitrogen and oxygen atoms in total. The number of carbonyl (C=O) groups is 1. The van der Waals surface area contributed by atoms with Gasteiger partial charge in [0.15, 0.2) is 0 Å². The van der Waals surface area contributed by atoms with Crippen LogP contribution >= 0.6 is 11.3 Å². The van der Waals surface area contributed by atoms with E-state index in [9.17, 15) is 4.79 Å². The molecule has 0 aliphatic rings. The number of carbonyl (C=O) groups excluding carboxylic acids is 1. The molecule has 1 heterocycles. The van der Waals surface area contributed by atoms with Crippen LogP contribution in [0.25, 0.3) is 0 Å². The van der Waals surface area contributed by atoms with E-state index in [2.05, 4.69) is 6.07 Å². The number of hydrogen-bond donors (Lipinski definition) is 2. The molecule has 1 aromatic carbocycles. The zero-order valence-electron chi connectivity index (χ0n) is 10.1. The van der Waals surface area contributed by atoms with E-state index in [1.807, 2.05) is 23.4 Å². The molecule has 2 aromatic rings. The number of nitrogens with two attached hydrogens (primary N) is 2. The maximum atomic E-state index is 11.2. The maximum absolute atomic E-state index is 11.2. The third-order valence-electron chi connectivity index (χ3n) is 2.70. The monoisotopic (exact) mass is 261 g/mol. The molecule has 0 unspecified atom stereocenters. The van der Waals surface area contributed by atoms with E-state index in [1.165, 1.54) is 4.88 Å². The number of nitrogens with zero attached hydrogens (tertiary/aromatic N) is 1. The molecule has 0 spiro atoms. The van der Waals surface area contributed by atoms with Crippen molar-refractivity contribution in [3.05, 3.63) is 46.2 Å². The molecule has 0 bridgehead atoms. The second kappa shape index (κ2) is 5.10. The van der Waals surface area contributed by atoms with Gasteiger partial charge in [0.2, 0.25) is 5.91 Å². The predicted molar refractivity (Wildman–Crippen MR) is 75.8 cm³/mol. The number of nitrogen functional groups attached to an aromatic ring is 1. The number of rotatable bonds is 4. The van der Waals surface area contributed by atoms with E-state index in [0.29, 0.717) is 11.3 Å². The summed E-state index contributed by atoms with van der Waals surface area (Å²) in [5.74, 6) is -0.444. The summed E-state index contributed by atoms with van der Waals surface area (Å²) < 4.78 is 0. The Morgan fingerprint density at radius 1 is 1.39 bits per heavy atom. The van der Waals surface area contributed by atoms with Crippen LogP contribution in [0.2, 0.25) is 0 Å². The first-order valence-electron chi connectivity index (χ1n) is 5.51. The second-order valence-corrected chi connectivity index (χ2v) is 5.11. The number of hydrogen-bond acceptors (Lipinski definition) is 4. The Balaban J connectivity index is 2.26. The lowest BCUT2D eigenvalue weighted by Gasteiger charge is -2.20. The molecule has 0 atom stereocenters. The number of benzene rings is 1.